The Hall–Kier alpha value is -1.24. The van der Waals surface area contributed by atoms with Crippen molar-refractivity contribution in [3.05, 3.63) is 29.6 Å². The molecule has 4 heteroatoms. The Morgan fingerprint density at radius 1 is 1.39 bits per heavy atom. The molecule has 0 aromatic heterocycles. The van der Waals surface area contributed by atoms with Crippen LogP contribution in [0, 0.1) is 17.7 Å². The van der Waals surface area contributed by atoms with Gasteiger partial charge in [0.2, 0.25) is 0 Å². The number of alkyl halides is 1. The number of benzene rings is 1. The van der Waals surface area contributed by atoms with Crippen molar-refractivity contribution in [2.24, 2.45) is 0 Å². The molecule has 1 rings (SSSR count). The highest BCUT2D eigenvalue weighted by Gasteiger charge is 2.04. The number of nitrogens with zero attached hydrogens (tertiary/aromatic N) is 1. The van der Waals surface area contributed by atoms with Gasteiger partial charge < -0.3 is 9.64 Å². The van der Waals surface area contributed by atoms with Gasteiger partial charge in [-0.3, -0.25) is 0 Å². The summed E-state index contributed by atoms with van der Waals surface area (Å²) in [5.41, 5.74) is 0.737. The van der Waals surface area contributed by atoms with Gasteiger partial charge >= 0.3 is 0 Å². The van der Waals surface area contributed by atoms with E-state index >= 15 is 0 Å². The Morgan fingerprint density at radius 3 is 2.83 bits per heavy atom. The molecular weight excluding hydrogens is 253 g/mol. The lowest BCUT2D eigenvalue weighted by atomic mass is 10.2. The number of hydrogen-bond acceptors (Lipinski definition) is 2. The lowest BCUT2D eigenvalue weighted by Crippen LogP contribution is -2.19. The molecule has 0 aliphatic carbocycles. The van der Waals surface area contributed by atoms with Gasteiger partial charge in [-0.1, -0.05) is 11.8 Å². The van der Waals surface area contributed by atoms with Crippen LogP contribution in [0.25, 0.3) is 0 Å². The predicted octanol–water partition coefficient (Wildman–Crippen LogP) is 2.75. The summed E-state index contributed by atoms with van der Waals surface area (Å²) in [6.07, 6.45) is 0.621. The zero-order valence-corrected chi connectivity index (χ0v) is 11.4. The largest absolute Gasteiger partial charge is 0.489 e. The van der Waals surface area contributed by atoms with E-state index in [1.165, 1.54) is 6.07 Å². The Bertz CT molecular complexity index is 437. The summed E-state index contributed by atoms with van der Waals surface area (Å²) in [5.74, 6) is 6.21. The maximum atomic E-state index is 13.5. The van der Waals surface area contributed by atoms with Crippen LogP contribution >= 0.6 is 11.6 Å². The van der Waals surface area contributed by atoms with Crippen molar-refractivity contribution in [1.29, 1.82) is 0 Å². The molecule has 0 saturated heterocycles. The maximum Gasteiger partial charge on any atom is 0.165 e. The molecule has 0 unspecified atom stereocenters. The van der Waals surface area contributed by atoms with Crippen LogP contribution in [0.5, 0.6) is 5.75 Å². The van der Waals surface area contributed by atoms with E-state index in [2.05, 4.69) is 11.8 Å². The second-order valence-corrected chi connectivity index (χ2v) is 4.42. The normalized spacial score (nSPS) is 10.1. The molecule has 0 bridgehead atoms. The molecule has 1 aromatic carbocycles. The number of ether oxygens (including phenoxy) is 1. The number of likely N-dealkylation sites (N-methyl/N-ethyl adjacent to an activating group) is 1. The van der Waals surface area contributed by atoms with Gasteiger partial charge in [0.1, 0.15) is 6.61 Å². The highest BCUT2D eigenvalue weighted by molar-refractivity contribution is 6.18. The zero-order valence-electron chi connectivity index (χ0n) is 10.7. The van der Waals surface area contributed by atoms with Crippen LogP contribution in [0.2, 0.25) is 0 Å². The van der Waals surface area contributed by atoms with E-state index in [-0.39, 0.29) is 11.6 Å². The molecule has 0 fully saturated rings. The first-order valence-electron chi connectivity index (χ1n) is 5.75. The van der Waals surface area contributed by atoms with E-state index in [9.17, 15) is 4.39 Å². The van der Waals surface area contributed by atoms with Crippen LogP contribution in [-0.4, -0.2) is 38.0 Å². The second-order valence-electron chi connectivity index (χ2n) is 4.04. The Kier molecular flexibility index (Phi) is 6.56. The lowest BCUT2D eigenvalue weighted by Gasteiger charge is -2.11. The summed E-state index contributed by atoms with van der Waals surface area (Å²) in [6.45, 7) is 1.18. The van der Waals surface area contributed by atoms with Gasteiger partial charge in [-0.05, 0) is 32.3 Å². The molecule has 0 aliphatic rings. The summed E-state index contributed by atoms with van der Waals surface area (Å²) in [4.78, 5) is 1.97. The van der Waals surface area contributed by atoms with Gasteiger partial charge in [0.05, 0.1) is 0 Å². The average molecular weight is 270 g/mol. The molecule has 0 N–H and O–H groups in total. The smallest absolute Gasteiger partial charge is 0.165 e. The lowest BCUT2D eigenvalue weighted by molar-refractivity contribution is 0.252. The van der Waals surface area contributed by atoms with Crippen LogP contribution in [0.15, 0.2) is 18.2 Å². The molecule has 0 amide bonds. The molecule has 0 spiro atoms. The first kappa shape index (κ1) is 14.8. The van der Waals surface area contributed by atoms with E-state index in [1.807, 2.05) is 19.0 Å². The summed E-state index contributed by atoms with van der Waals surface area (Å²) in [5, 5.41) is 0. The predicted molar refractivity (Wildman–Crippen MR) is 72.7 cm³/mol. The van der Waals surface area contributed by atoms with Gasteiger partial charge in [0.25, 0.3) is 0 Å². The molecule has 0 radical (unpaired) electrons. The van der Waals surface area contributed by atoms with E-state index in [0.717, 1.165) is 12.1 Å². The van der Waals surface area contributed by atoms with Crippen molar-refractivity contribution < 1.29 is 9.13 Å². The van der Waals surface area contributed by atoms with Gasteiger partial charge in [-0.15, -0.1) is 11.6 Å². The molecule has 0 aliphatic heterocycles. The van der Waals surface area contributed by atoms with Crippen molar-refractivity contribution in [3.63, 3.8) is 0 Å². The fourth-order valence-electron chi connectivity index (χ4n) is 1.24. The third-order valence-electron chi connectivity index (χ3n) is 2.18. The van der Waals surface area contributed by atoms with Crippen molar-refractivity contribution in [3.8, 4) is 17.6 Å². The van der Waals surface area contributed by atoms with Crippen LogP contribution in [-0.2, 0) is 0 Å². The van der Waals surface area contributed by atoms with Gasteiger partial charge in [0.15, 0.2) is 11.6 Å². The minimum Gasteiger partial charge on any atom is -0.489 e. The SMILES string of the molecule is CN(C)CCOc1cc(C#CCCCl)ccc1F. The molecule has 2 nitrogen and oxygen atoms in total. The first-order chi connectivity index (χ1) is 8.63. The first-order valence-corrected chi connectivity index (χ1v) is 6.29. The molecular formula is C14H17ClFNO. The molecule has 18 heavy (non-hydrogen) atoms. The molecule has 0 atom stereocenters. The van der Waals surface area contributed by atoms with E-state index in [4.69, 9.17) is 16.3 Å². The quantitative estimate of drug-likeness (QED) is 0.602. The fraction of sp³-hybridized carbons (Fsp3) is 0.429. The van der Waals surface area contributed by atoms with Gasteiger partial charge in [0, 0.05) is 24.4 Å². The topological polar surface area (TPSA) is 12.5 Å². The Balaban J connectivity index is 2.67. The summed E-state index contributed by atoms with van der Waals surface area (Å²) in [7, 11) is 3.88. The van der Waals surface area contributed by atoms with Gasteiger partial charge in [-0.2, -0.15) is 0 Å². The average Bonchev–Trinajstić information content (AvgIpc) is 2.33. The van der Waals surface area contributed by atoms with Crippen molar-refractivity contribution in [1.82, 2.24) is 4.90 Å². The van der Waals surface area contributed by atoms with Gasteiger partial charge in [-0.25, -0.2) is 4.39 Å². The van der Waals surface area contributed by atoms with E-state index in [0.29, 0.717) is 18.9 Å². The third kappa shape index (κ3) is 5.39. The van der Waals surface area contributed by atoms with Crippen LogP contribution in [0.1, 0.15) is 12.0 Å². The highest BCUT2D eigenvalue weighted by Crippen LogP contribution is 2.18. The summed E-state index contributed by atoms with van der Waals surface area (Å²) >= 11 is 5.53. The third-order valence-corrected chi connectivity index (χ3v) is 2.37. The fourth-order valence-corrected chi connectivity index (χ4v) is 1.34. The summed E-state index contributed by atoms with van der Waals surface area (Å²) in [6, 6.07) is 4.62. The monoisotopic (exact) mass is 269 g/mol. The molecule has 1 aromatic rings. The second kappa shape index (κ2) is 7.97. The number of halogens is 2. The molecule has 0 saturated carbocycles. The Morgan fingerprint density at radius 2 is 2.17 bits per heavy atom. The minimum absolute atomic E-state index is 0.245. The van der Waals surface area contributed by atoms with Crippen molar-refractivity contribution in [2.75, 3.05) is 33.1 Å². The minimum atomic E-state index is -0.364. The molecule has 0 heterocycles. The van der Waals surface area contributed by atoms with Crippen molar-refractivity contribution in [2.45, 2.75) is 6.42 Å². The summed E-state index contributed by atoms with van der Waals surface area (Å²) < 4.78 is 18.9. The standard InChI is InChI=1S/C14H17ClFNO/c1-17(2)9-10-18-14-11-12(5-3-4-8-15)6-7-13(14)16/h6-7,11H,4,8-10H2,1-2H3. The maximum absolute atomic E-state index is 13.5. The van der Waals surface area contributed by atoms with E-state index in [1.54, 1.807) is 12.1 Å². The number of hydrogen-bond donors (Lipinski definition) is 0. The Labute approximate surface area is 113 Å². The van der Waals surface area contributed by atoms with Crippen molar-refractivity contribution >= 4 is 11.6 Å². The highest BCUT2D eigenvalue weighted by atomic mass is 35.5. The van der Waals surface area contributed by atoms with E-state index < -0.39 is 0 Å². The van der Waals surface area contributed by atoms with Crippen LogP contribution in [0.4, 0.5) is 4.39 Å². The van der Waals surface area contributed by atoms with Crippen LogP contribution < -0.4 is 4.74 Å². The van der Waals surface area contributed by atoms with Crippen LogP contribution in [0.3, 0.4) is 0 Å². The molecule has 98 valence electrons. The zero-order chi connectivity index (χ0) is 13.4. The number of rotatable bonds is 5.